The zero-order chi connectivity index (χ0) is 10.7. The first kappa shape index (κ1) is 11.3. The zero-order valence-electron chi connectivity index (χ0n) is 9.03. The van der Waals surface area contributed by atoms with Gasteiger partial charge in [0.1, 0.15) is 0 Å². The summed E-state index contributed by atoms with van der Waals surface area (Å²) >= 11 is 0. The van der Waals surface area contributed by atoms with Crippen LogP contribution in [0.5, 0.6) is 0 Å². The summed E-state index contributed by atoms with van der Waals surface area (Å²) in [6, 6.07) is 0.630. The number of nitrogens with zero attached hydrogens (tertiary/aromatic N) is 2. The highest BCUT2D eigenvalue weighted by Gasteiger charge is 2.25. The van der Waals surface area contributed by atoms with E-state index in [1.54, 1.807) is 0 Å². The summed E-state index contributed by atoms with van der Waals surface area (Å²) in [5, 5.41) is 8.41. The zero-order valence-corrected chi connectivity index (χ0v) is 9.03. The van der Waals surface area contributed by atoms with Crippen molar-refractivity contribution in [2.24, 2.45) is 17.5 Å². The van der Waals surface area contributed by atoms with Gasteiger partial charge in [-0.1, -0.05) is 6.92 Å². The van der Waals surface area contributed by atoms with Crippen LogP contribution >= 0.6 is 0 Å². The molecule has 0 amide bonds. The molecule has 1 aliphatic heterocycles. The first-order valence-corrected chi connectivity index (χ1v) is 5.11. The molecule has 5 nitrogen and oxygen atoms in total. The third-order valence-electron chi connectivity index (χ3n) is 2.85. The van der Waals surface area contributed by atoms with E-state index in [1.165, 1.54) is 11.4 Å². The van der Waals surface area contributed by atoms with Crippen LogP contribution in [0.1, 0.15) is 20.3 Å². The average molecular weight is 199 g/mol. The number of rotatable bonds is 3. The fraction of sp³-hybridized carbons (Fsp3) is 0.889. The fourth-order valence-electron chi connectivity index (χ4n) is 2.05. The summed E-state index contributed by atoms with van der Waals surface area (Å²) in [4.78, 5) is 2.40. The summed E-state index contributed by atoms with van der Waals surface area (Å²) in [7, 11) is 0. The lowest BCUT2D eigenvalue weighted by molar-refractivity contribution is 0.238. The second-order valence-electron chi connectivity index (χ2n) is 4.26. The van der Waals surface area contributed by atoms with E-state index in [2.05, 4.69) is 18.7 Å². The molecule has 0 aromatic heterocycles. The third-order valence-corrected chi connectivity index (χ3v) is 2.85. The van der Waals surface area contributed by atoms with Gasteiger partial charge in [-0.3, -0.25) is 15.3 Å². The molecule has 0 aromatic carbocycles. The molecule has 0 aromatic rings. The molecule has 0 aliphatic carbocycles. The van der Waals surface area contributed by atoms with Crippen LogP contribution in [0.15, 0.2) is 0 Å². The van der Waals surface area contributed by atoms with Crippen LogP contribution in [0.25, 0.3) is 0 Å². The number of nitrogens with two attached hydrogens (primary N) is 2. The topological polar surface area (TPSA) is 82.4 Å². The van der Waals surface area contributed by atoms with Gasteiger partial charge in [0.2, 0.25) is 5.96 Å². The summed E-state index contributed by atoms with van der Waals surface area (Å²) in [5.41, 5.74) is 5.25. The van der Waals surface area contributed by atoms with Gasteiger partial charge < -0.3 is 5.73 Å². The summed E-state index contributed by atoms with van der Waals surface area (Å²) in [6.45, 7) is 7.15. The Kier molecular flexibility index (Phi) is 3.71. The maximum absolute atomic E-state index is 7.12. The molecule has 2 atom stereocenters. The SMILES string of the molecule is CC1CC(C)N(CCN(N)C(=N)N)C1. The van der Waals surface area contributed by atoms with Crippen LogP contribution in [0.2, 0.25) is 0 Å². The largest absolute Gasteiger partial charge is 0.369 e. The Labute approximate surface area is 85.5 Å². The van der Waals surface area contributed by atoms with E-state index in [0.29, 0.717) is 12.6 Å². The molecule has 82 valence electrons. The lowest BCUT2D eigenvalue weighted by atomic mass is 10.1. The minimum atomic E-state index is -0.0649. The molecule has 0 radical (unpaired) electrons. The normalized spacial score (nSPS) is 27.9. The van der Waals surface area contributed by atoms with Crippen molar-refractivity contribution < 1.29 is 0 Å². The molecule has 0 saturated carbocycles. The number of hydrazine groups is 1. The smallest absolute Gasteiger partial charge is 0.202 e. The molecule has 1 fully saturated rings. The third kappa shape index (κ3) is 2.85. The van der Waals surface area contributed by atoms with E-state index >= 15 is 0 Å². The molecular formula is C9H21N5. The maximum Gasteiger partial charge on any atom is 0.202 e. The summed E-state index contributed by atoms with van der Waals surface area (Å²) in [6.07, 6.45) is 1.25. The second-order valence-corrected chi connectivity index (χ2v) is 4.26. The Morgan fingerprint density at radius 2 is 2.21 bits per heavy atom. The van der Waals surface area contributed by atoms with Gasteiger partial charge in [0, 0.05) is 25.7 Å². The number of nitrogens with one attached hydrogen (secondary N) is 1. The lowest BCUT2D eigenvalue weighted by Gasteiger charge is -2.24. The van der Waals surface area contributed by atoms with Crippen LogP contribution in [-0.4, -0.2) is 41.5 Å². The van der Waals surface area contributed by atoms with Gasteiger partial charge in [0.05, 0.1) is 0 Å². The first-order valence-electron chi connectivity index (χ1n) is 5.11. The van der Waals surface area contributed by atoms with Crippen LogP contribution in [-0.2, 0) is 0 Å². The van der Waals surface area contributed by atoms with Crippen molar-refractivity contribution in [1.29, 1.82) is 5.41 Å². The van der Waals surface area contributed by atoms with Gasteiger partial charge in [0.15, 0.2) is 0 Å². The lowest BCUT2D eigenvalue weighted by Crippen LogP contribution is -2.46. The summed E-state index contributed by atoms with van der Waals surface area (Å²) in [5.74, 6) is 6.24. The summed E-state index contributed by atoms with van der Waals surface area (Å²) < 4.78 is 0. The van der Waals surface area contributed by atoms with Crippen molar-refractivity contribution in [1.82, 2.24) is 9.91 Å². The second kappa shape index (κ2) is 4.61. The Morgan fingerprint density at radius 1 is 1.57 bits per heavy atom. The minimum absolute atomic E-state index is 0.0649. The van der Waals surface area contributed by atoms with E-state index in [0.717, 1.165) is 19.0 Å². The van der Waals surface area contributed by atoms with Crippen molar-refractivity contribution in [3.63, 3.8) is 0 Å². The quantitative estimate of drug-likeness (QED) is 0.254. The predicted molar refractivity (Wildman–Crippen MR) is 57.6 cm³/mol. The molecule has 5 N–H and O–H groups in total. The number of hydrogen-bond donors (Lipinski definition) is 3. The van der Waals surface area contributed by atoms with E-state index in [9.17, 15) is 0 Å². The molecule has 1 saturated heterocycles. The van der Waals surface area contributed by atoms with Gasteiger partial charge in [-0.05, 0) is 19.3 Å². The highest BCUT2D eigenvalue weighted by Crippen LogP contribution is 2.21. The fourth-order valence-corrected chi connectivity index (χ4v) is 2.05. The van der Waals surface area contributed by atoms with Crippen molar-refractivity contribution >= 4 is 5.96 Å². The number of hydrogen-bond acceptors (Lipinski definition) is 3. The van der Waals surface area contributed by atoms with Gasteiger partial charge in [-0.15, -0.1) is 0 Å². The van der Waals surface area contributed by atoms with Gasteiger partial charge in [-0.2, -0.15) is 0 Å². The van der Waals surface area contributed by atoms with E-state index in [1.807, 2.05) is 0 Å². The van der Waals surface area contributed by atoms with Crippen LogP contribution < -0.4 is 11.6 Å². The Hall–Kier alpha value is -0.810. The monoisotopic (exact) mass is 199 g/mol. The van der Waals surface area contributed by atoms with Crippen LogP contribution in [0, 0.1) is 11.3 Å². The molecule has 0 spiro atoms. The Balaban J connectivity index is 2.28. The molecule has 0 bridgehead atoms. The minimum Gasteiger partial charge on any atom is -0.369 e. The Morgan fingerprint density at radius 3 is 2.64 bits per heavy atom. The molecule has 14 heavy (non-hydrogen) atoms. The van der Waals surface area contributed by atoms with Crippen molar-refractivity contribution in [3.8, 4) is 0 Å². The number of guanidine groups is 1. The average Bonchev–Trinajstić information content (AvgIpc) is 2.40. The van der Waals surface area contributed by atoms with E-state index < -0.39 is 0 Å². The van der Waals surface area contributed by atoms with Crippen molar-refractivity contribution in [2.75, 3.05) is 19.6 Å². The van der Waals surface area contributed by atoms with E-state index in [4.69, 9.17) is 17.0 Å². The standard InChI is InChI=1S/C9H21N5/c1-7-5-8(2)13(6-7)3-4-14(12)9(10)11/h7-8H,3-6,12H2,1-2H3,(H3,10,11). The van der Waals surface area contributed by atoms with E-state index in [-0.39, 0.29) is 5.96 Å². The van der Waals surface area contributed by atoms with Crippen LogP contribution in [0.4, 0.5) is 0 Å². The number of likely N-dealkylation sites (tertiary alicyclic amines) is 1. The van der Waals surface area contributed by atoms with Gasteiger partial charge in [-0.25, -0.2) is 5.84 Å². The van der Waals surface area contributed by atoms with Gasteiger partial charge in [0.25, 0.3) is 0 Å². The molecule has 1 aliphatic rings. The first-order chi connectivity index (χ1) is 6.50. The van der Waals surface area contributed by atoms with Crippen LogP contribution in [0.3, 0.4) is 0 Å². The predicted octanol–water partition coefficient (Wildman–Crippen LogP) is -0.214. The molecule has 2 unspecified atom stereocenters. The Bertz CT molecular complexity index is 205. The maximum atomic E-state index is 7.12. The molecule has 1 heterocycles. The van der Waals surface area contributed by atoms with Crippen molar-refractivity contribution in [2.45, 2.75) is 26.3 Å². The highest BCUT2D eigenvalue weighted by molar-refractivity contribution is 5.73. The highest BCUT2D eigenvalue weighted by atomic mass is 15.5. The molecular weight excluding hydrogens is 178 g/mol. The molecule has 5 heteroatoms. The van der Waals surface area contributed by atoms with Gasteiger partial charge >= 0.3 is 0 Å². The molecule has 1 rings (SSSR count). The van der Waals surface area contributed by atoms with Crippen molar-refractivity contribution in [3.05, 3.63) is 0 Å².